The predicted molar refractivity (Wildman–Crippen MR) is 110 cm³/mol. The van der Waals surface area contributed by atoms with E-state index < -0.39 is 22.6 Å². The van der Waals surface area contributed by atoms with Crippen molar-refractivity contribution >= 4 is 23.0 Å². The highest BCUT2D eigenvalue weighted by molar-refractivity contribution is 7.83. The summed E-state index contributed by atoms with van der Waals surface area (Å²) < 4.78 is 21.1. The van der Waals surface area contributed by atoms with Gasteiger partial charge in [0.05, 0.1) is 11.3 Å². The van der Waals surface area contributed by atoms with Crippen LogP contribution in [-0.4, -0.2) is 21.8 Å². The summed E-state index contributed by atoms with van der Waals surface area (Å²) in [4.78, 5) is 12.9. The molecule has 2 atom stereocenters. The van der Waals surface area contributed by atoms with Gasteiger partial charge in [-0.1, -0.05) is 60.2 Å². The van der Waals surface area contributed by atoms with Crippen molar-refractivity contribution in [1.29, 1.82) is 0 Å². The lowest BCUT2D eigenvalue weighted by atomic mass is 10.1. The summed E-state index contributed by atoms with van der Waals surface area (Å²) in [5.74, 6) is -0.335. The molecule has 0 bridgehead atoms. The second kappa shape index (κ2) is 9.62. The van der Waals surface area contributed by atoms with Crippen LogP contribution in [0.3, 0.4) is 0 Å². The minimum Gasteiger partial charge on any atom is -0.460 e. The maximum atomic E-state index is 12.7. The van der Waals surface area contributed by atoms with E-state index >= 15 is 0 Å². The highest BCUT2D eigenvalue weighted by atomic mass is 32.2. The molecule has 0 fully saturated rings. The molecule has 1 unspecified atom stereocenters. The molecule has 0 amide bonds. The number of carbonyl (C=O) groups is 1. The quantitative estimate of drug-likeness (QED) is 0.718. The van der Waals surface area contributed by atoms with Gasteiger partial charge < -0.3 is 4.74 Å². The van der Waals surface area contributed by atoms with E-state index in [-0.39, 0.29) is 12.4 Å². The van der Waals surface area contributed by atoms with Gasteiger partial charge in [0.15, 0.2) is 0 Å². The van der Waals surface area contributed by atoms with E-state index in [1.807, 2.05) is 94.4 Å². The highest BCUT2D eigenvalue weighted by Crippen LogP contribution is 2.13. The van der Waals surface area contributed by atoms with Crippen molar-refractivity contribution in [3.63, 3.8) is 0 Å². The minimum absolute atomic E-state index is 0.0954. The third kappa shape index (κ3) is 7.89. The first-order chi connectivity index (χ1) is 12.7. The molecule has 1 N–H and O–H groups in total. The fourth-order valence-electron chi connectivity index (χ4n) is 2.37. The molecule has 0 saturated carbocycles. The molecule has 2 aromatic rings. The highest BCUT2D eigenvalue weighted by Gasteiger charge is 2.20. The Balaban J connectivity index is 2.12. The second-order valence-electron chi connectivity index (χ2n) is 7.37. The number of ether oxygens (including phenoxy) is 1. The fourth-order valence-corrected chi connectivity index (χ4v) is 3.33. The molecule has 0 radical (unpaired) electrons. The Morgan fingerprint density at radius 3 is 2.33 bits per heavy atom. The average molecular weight is 386 g/mol. The molecule has 0 aliphatic carbocycles. The van der Waals surface area contributed by atoms with Crippen LogP contribution < -0.4 is 4.72 Å². The van der Waals surface area contributed by atoms with E-state index in [9.17, 15) is 9.00 Å². The third-order valence-electron chi connectivity index (χ3n) is 3.62. The van der Waals surface area contributed by atoms with Gasteiger partial charge in [0, 0.05) is 6.04 Å². The Kier molecular flexibility index (Phi) is 7.51. The zero-order chi connectivity index (χ0) is 19.9. The molecular weight excluding hydrogens is 358 g/mol. The van der Waals surface area contributed by atoms with Crippen LogP contribution >= 0.6 is 0 Å². The molecule has 0 aliphatic rings. The van der Waals surface area contributed by atoms with E-state index in [2.05, 4.69) is 4.72 Å². The normalized spacial score (nSPS) is 14.1. The van der Waals surface area contributed by atoms with Crippen LogP contribution in [0.1, 0.15) is 38.3 Å². The lowest BCUT2D eigenvalue weighted by molar-refractivity contribution is -0.155. The number of esters is 1. The summed E-state index contributed by atoms with van der Waals surface area (Å²) in [7, 11) is -1.43. The minimum atomic E-state index is -1.43. The van der Waals surface area contributed by atoms with Gasteiger partial charge in [0.25, 0.3) is 0 Å². The summed E-state index contributed by atoms with van der Waals surface area (Å²) in [5, 5.41) is 0. The first kappa shape index (κ1) is 21.1. The Bertz CT molecular complexity index is 793. The van der Waals surface area contributed by atoms with E-state index in [0.29, 0.717) is 4.90 Å². The molecule has 0 aromatic heterocycles. The number of carbonyl (C=O) groups excluding carboxylic acids is 1. The summed E-state index contributed by atoms with van der Waals surface area (Å²) in [6.45, 7) is 7.47. The maximum Gasteiger partial charge on any atom is 0.308 e. The summed E-state index contributed by atoms with van der Waals surface area (Å²) >= 11 is 0. The third-order valence-corrected chi connectivity index (χ3v) is 4.84. The van der Waals surface area contributed by atoms with E-state index in [0.717, 1.165) is 11.1 Å². The number of aryl methyl sites for hydroxylation is 1. The predicted octanol–water partition coefficient (Wildman–Crippen LogP) is 4.42. The number of rotatable bonds is 7. The van der Waals surface area contributed by atoms with Crippen LogP contribution in [0.2, 0.25) is 0 Å². The molecular formula is C22H27NO3S. The first-order valence-corrected chi connectivity index (χ1v) is 10.1. The van der Waals surface area contributed by atoms with Crippen molar-refractivity contribution in [2.24, 2.45) is 0 Å². The lowest BCUT2D eigenvalue weighted by Gasteiger charge is -2.21. The largest absolute Gasteiger partial charge is 0.460 e. The molecule has 144 valence electrons. The summed E-state index contributed by atoms with van der Waals surface area (Å²) in [6, 6.07) is 16.8. The van der Waals surface area contributed by atoms with Gasteiger partial charge in [-0.3, -0.25) is 4.79 Å². The van der Waals surface area contributed by atoms with Crippen molar-refractivity contribution in [2.75, 3.05) is 0 Å². The van der Waals surface area contributed by atoms with Crippen LogP contribution in [0.25, 0.3) is 6.08 Å². The molecule has 2 rings (SSSR count). The first-order valence-electron chi connectivity index (χ1n) is 8.93. The molecule has 0 heterocycles. The SMILES string of the molecule is Cc1ccc(S(=O)N[C@@H](/C=C/c2ccccc2)CC(=O)OC(C)(C)C)cc1. The van der Waals surface area contributed by atoms with E-state index in [4.69, 9.17) is 4.74 Å². The van der Waals surface area contributed by atoms with Crippen molar-refractivity contribution in [3.8, 4) is 0 Å². The van der Waals surface area contributed by atoms with Crippen molar-refractivity contribution < 1.29 is 13.7 Å². The van der Waals surface area contributed by atoms with Gasteiger partial charge >= 0.3 is 5.97 Å². The van der Waals surface area contributed by atoms with Crippen molar-refractivity contribution in [2.45, 2.75) is 50.7 Å². The van der Waals surface area contributed by atoms with Gasteiger partial charge in [0.2, 0.25) is 0 Å². The van der Waals surface area contributed by atoms with Crippen molar-refractivity contribution in [1.82, 2.24) is 4.72 Å². The molecule has 0 aliphatic heterocycles. The van der Waals surface area contributed by atoms with Crippen LogP contribution in [-0.2, 0) is 20.5 Å². The molecule has 27 heavy (non-hydrogen) atoms. The maximum absolute atomic E-state index is 12.7. The smallest absolute Gasteiger partial charge is 0.308 e. The van der Waals surface area contributed by atoms with Crippen LogP contribution in [0.4, 0.5) is 0 Å². The average Bonchev–Trinajstić information content (AvgIpc) is 2.59. The second-order valence-corrected chi connectivity index (χ2v) is 8.61. The summed E-state index contributed by atoms with van der Waals surface area (Å²) in [6.07, 6.45) is 3.86. The van der Waals surface area contributed by atoms with Gasteiger partial charge in [0.1, 0.15) is 16.6 Å². The number of nitrogens with one attached hydrogen (secondary N) is 1. The Hall–Kier alpha value is -2.24. The van der Waals surface area contributed by atoms with Crippen LogP contribution in [0.5, 0.6) is 0 Å². The van der Waals surface area contributed by atoms with Gasteiger partial charge in [-0.05, 0) is 45.4 Å². The Morgan fingerprint density at radius 2 is 1.74 bits per heavy atom. The fraction of sp³-hybridized carbons (Fsp3) is 0.318. The van der Waals surface area contributed by atoms with Crippen LogP contribution in [0.15, 0.2) is 65.6 Å². The molecule has 0 saturated heterocycles. The topological polar surface area (TPSA) is 55.4 Å². The Labute approximate surface area is 164 Å². The molecule has 4 nitrogen and oxygen atoms in total. The lowest BCUT2D eigenvalue weighted by Crippen LogP contribution is -2.34. The summed E-state index contributed by atoms with van der Waals surface area (Å²) in [5.41, 5.74) is 1.56. The molecule has 0 spiro atoms. The van der Waals surface area contributed by atoms with Gasteiger partial charge in [-0.25, -0.2) is 8.93 Å². The zero-order valence-corrected chi connectivity index (χ0v) is 17.1. The number of hydrogen-bond donors (Lipinski definition) is 1. The van der Waals surface area contributed by atoms with Crippen molar-refractivity contribution in [3.05, 3.63) is 71.8 Å². The van der Waals surface area contributed by atoms with E-state index in [1.165, 1.54) is 0 Å². The number of hydrogen-bond acceptors (Lipinski definition) is 3. The van der Waals surface area contributed by atoms with Gasteiger partial charge in [-0.15, -0.1) is 0 Å². The molecule has 5 heteroatoms. The number of benzene rings is 2. The Morgan fingerprint density at radius 1 is 1.11 bits per heavy atom. The zero-order valence-electron chi connectivity index (χ0n) is 16.3. The van der Waals surface area contributed by atoms with Gasteiger partial charge in [-0.2, -0.15) is 0 Å². The molecule has 2 aromatic carbocycles. The standard InChI is InChI=1S/C22H27NO3S/c1-17-10-14-20(15-11-17)27(25)23-19(16-21(24)26-22(2,3)4)13-12-18-8-6-5-7-9-18/h5-15,19,23H,16H2,1-4H3/b13-12+/t19-,27?/m0/s1. The monoisotopic (exact) mass is 385 g/mol. The van der Waals surface area contributed by atoms with Crippen LogP contribution in [0, 0.1) is 6.92 Å². The van der Waals surface area contributed by atoms with E-state index in [1.54, 1.807) is 0 Å².